The summed E-state index contributed by atoms with van der Waals surface area (Å²) in [4.78, 5) is 11.0. The third-order valence-electron chi connectivity index (χ3n) is 1.48. The molecule has 1 rings (SSSR count). The summed E-state index contributed by atoms with van der Waals surface area (Å²) in [6.07, 6.45) is 1.84. The Morgan fingerprint density at radius 2 is 2.31 bits per heavy atom. The van der Waals surface area contributed by atoms with Crippen LogP contribution in [0.3, 0.4) is 0 Å². The van der Waals surface area contributed by atoms with Crippen LogP contribution in [-0.2, 0) is 0 Å². The summed E-state index contributed by atoms with van der Waals surface area (Å²) in [5, 5.41) is 0.491. The molecule has 0 spiro atoms. The van der Waals surface area contributed by atoms with E-state index in [1.807, 2.05) is 6.26 Å². The Labute approximate surface area is 85.8 Å². The topological polar surface area (TPSA) is 55.1 Å². The fourth-order valence-corrected chi connectivity index (χ4v) is 1.64. The van der Waals surface area contributed by atoms with Crippen molar-refractivity contribution in [2.45, 2.75) is 0 Å². The van der Waals surface area contributed by atoms with Crippen LogP contribution in [0.15, 0.2) is 18.2 Å². The Hall–Kier alpha value is -0.870. The molecule has 3 N–H and O–H groups in total. The maximum Gasteiger partial charge on any atom is 0.250 e. The number of hydrogen-bond donors (Lipinski definition) is 2. The number of anilines is 1. The van der Waals surface area contributed by atoms with Gasteiger partial charge < -0.3 is 10.5 Å². The summed E-state index contributed by atoms with van der Waals surface area (Å²) in [5.41, 5.74) is 6.14. The minimum Gasteiger partial charge on any atom is -0.366 e. The van der Waals surface area contributed by atoms with Crippen molar-refractivity contribution in [3.63, 3.8) is 0 Å². The van der Waals surface area contributed by atoms with Crippen LogP contribution in [0.1, 0.15) is 10.4 Å². The number of carbonyl (C=O) groups excluding carboxylic acids is 1. The molecule has 0 fully saturated rings. The van der Waals surface area contributed by atoms with E-state index in [-0.39, 0.29) is 0 Å². The minimum atomic E-state index is -0.487. The Balaban J connectivity index is 3.17. The van der Waals surface area contributed by atoms with Crippen molar-refractivity contribution in [2.24, 2.45) is 5.73 Å². The van der Waals surface area contributed by atoms with Gasteiger partial charge in [-0.1, -0.05) is 29.6 Å². The van der Waals surface area contributed by atoms with Gasteiger partial charge in [-0.05, 0) is 12.1 Å². The molecule has 13 heavy (non-hydrogen) atoms. The number of benzene rings is 1. The number of nitrogens with one attached hydrogen (secondary N) is 1. The molecule has 0 saturated heterocycles. The van der Waals surface area contributed by atoms with Gasteiger partial charge in [-0.15, -0.1) is 0 Å². The summed E-state index contributed by atoms with van der Waals surface area (Å²) < 4.78 is 2.91. The molecule has 0 aliphatic heterocycles. The van der Waals surface area contributed by atoms with Crippen LogP contribution in [0.2, 0.25) is 5.02 Å². The van der Waals surface area contributed by atoms with Crippen LogP contribution in [0.25, 0.3) is 0 Å². The molecule has 70 valence electrons. The maximum atomic E-state index is 11.0. The average molecular weight is 217 g/mol. The highest BCUT2D eigenvalue weighted by atomic mass is 35.5. The van der Waals surface area contributed by atoms with Gasteiger partial charge in [0.25, 0.3) is 5.91 Å². The van der Waals surface area contributed by atoms with Crippen molar-refractivity contribution < 1.29 is 4.79 Å². The highest BCUT2D eigenvalue weighted by Gasteiger charge is 2.10. The largest absolute Gasteiger partial charge is 0.366 e. The predicted octanol–water partition coefficient (Wildman–Crippen LogP) is 2.13. The summed E-state index contributed by atoms with van der Waals surface area (Å²) in [5.74, 6) is -0.487. The summed E-state index contributed by atoms with van der Waals surface area (Å²) in [7, 11) is 0. The molecule has 0 unspecified atom stereocenters. The van der Waals surface area contributed by atoms with Gasteiger partial charge >= 0.3 is 0 Å². The normalized spacial score (nSPS) is 9.69. The standard InChI is InChI=1S/C8H9ClN2OS/c1-13-11-7-5(8(10)12)3-2-4-6(7)9/h2-4,11H,1H3,(H2,10,12). The molecule has 0 atom stereocenters. The molecule has 1 aromatic rings. The van der Waals surface area contributed by atoms with Crippen molar-refractivity contribution in [1.82, 2.24) is 0 Å². The van der Waals surface area contributed by atoms with Gasteiger partial charge in [0.2, 0.25) is 0 Å². The smallest absolute Gasteiger partial charge is 0.250 e. The molecule has 0 aliphatic carbocycles. The number of amides is 1. The lowest BCUT2D eigenvalue weighted by molar-refractivity contribution is 0.100. The third-order valence-corrected chi connectivity index (χ3v) is 2.21. The number of primary amides is 1. The Bertz CT molecular complexity index is 330. The molecule has 0 aromatic heterocycles. The number of para-hydroxylation sites is 1. The van der Waals surface area contributed by atoms with E-state index < -0.39 is 5.91 Å². The highest BCUT2D eigenvalue weighted by molar-refractivity contribution is 7.99. The molecule has 3 nitrogen and oxygen atoms in total. The lowest BCUT2D eigenvalue weighted by atomic mass is 10.2. The van der Waals surface area contributed by atoms with Crippen molar-refractivity contribution in [3.8, 4) is 0 Å². The molecular formula is C8H9ClN2OS. The van der Waals surface area contributed by atoms with E-state index in [1.165, 1.54) is 11.9 Å². The Kier molecular flexibility index (Phi) is 3.45. The van der Waals surface area contributed by atoms with Crippen LogP contribution in [0.5, 0.6) is 0 Å². The minimum absolute atomic E-state index is 0.404. The zero-order chi connectivity index (χ0) is 9.84. The molecular weight excluding hydrogens is 208 g/mol. The second-order valence-electron chi connectivity index (χ2n) is 2.33. The first-order valence-electron chi connectivity index (χ1n) is 3.54. The van der Waals surface area contributed by atoms with Crippen molar-refractivity contribution in [3.05, 3.63) is 28.8 Å². The predicted molar refractivity (Wildman–Crippen MR) is 57.1 cm³/mol. The zero-order valence-electron chi connectivity index (χ0n) is 7.00. The van der Waals surface area contributed by atoms with Gasteiger partial charge in [-0.25, -0.2) is 0 Å². The lowest BCUT2D eigenvalue weighted by Crippen LogP contribution is -2.12. The second-order valence-corrected chi connectivity index (χ2v) is 3.35. The molecule has 0 aliphatic rings. The van der Waals surface area contributed by atoms with E-state index in [4.69, 9.17) is 17.3 Å². The van der Waals surface area contributed by atoms with E-state index in [0.717, 1.165) is 0 Å². The van der Waals surface area contributed by atoms with Gasteiger partial charge in [0.1, 0.15) is 0 Å². The molecule has 5 heteroatoms. The SMILES string of the molecule is CSNc1c(Cl)cccc1C(N)=O. The van der Waals surface area contributed by atoms with Crippen LogP contribution >= 0.6 is 23.5 Å². The summed E-state index contributed by atoms with van der Waals surface area (Å²) >= 11 is 7.23. The van der Waals surface area contributed by atoms with E-state index in [9.17, 15) is 4.79 Å². The number of rotatable bonds is 3. The van der Waals surface area contributed by atoms with Gasteiger partial charge in [-0.2, -0.15) is 0 Å². The van der Waals surface area contributed by atoms with Crippen LogP contribution in [-0.4, -0.2) is 12.2 Å². The summed E-state index contributed by atoms with van der Waals surface area (Å²) in [6, 6.07) is 5.02. The molecule has 0 heterocycles. The monoisotopic (exact) mass is 216 g/mol. The van der Waals surface area contributed by atoms with E-state index >= 15 is 0 Å². The van der Waals surface area contributed by atoms with Crippen molar-refractivity contribution >= 4 is 35.1 Å². The fraction of sp³-hybridized carbons (Fsp3) is 0.125. The molecule has 1 aromatic carbocycles. The lowest BCUT2D eigenvalue weighted by Gasteiger charge is -2.08. The first-order valence-corrected chi connectivity index (χ1v) is 5.14. The average Bonchev–Trinajstić information content (AvgIpc) is 2.08. The second kappa shape index (κ2) is 4.39. The Morgan fingerprint density at radius 3 is 2.85 bits per heavy atom. The number of carbonyl (C=O) groups is 1. The maximum absolute atomic E-state index is 11.0. The van der Waals surface area contributed by atoms with Gasteiger partial charge in [0, 0.05) is 6.26 Å². The zero-order valence-corrected chi connectivity index (χ0v) is 8.58. The number of halogens is 1. The van der Waals surface area contributed by atoms with Gasteiger partial charge in [-0.3, -0.25) is 4.79 Å². The van der Waals surface area contributed by atoms with Crippen LogP contribution in [0, 0.1) is 0 Å². The third kappa shape index (κ3) is 2.29. The quantitative estimate of drug-likeness (QED) is 0.762. The highest BCUT2D eigenvalue weighted by Crippen LogP contribution is 2.27. The first kappa shape index (κ1) is 10.2. The number of hydrogen-bond acceptors (Lipinski definition) is 3. The van der Waals surface area contributed by atoms with E-state index in [0.29, 0.717) is 16.3 Å². The first-order chi connectivity index (χ1) is 6.16. The van der Waals surface area contributed by atoms with E-state index in [2.05, 4.69) is 4.72 Å². The van der Waals surface area contributed by atoms with Crippen molar-refractivity contribution in [1.29, 1.82) is 0 Å². The van der Waals surface area contributed by atoms with E-state index in [1.54, 1.807) is 18.2 Å². The molecule has 0 bridgehead atoms. The van der Waals surface area contributed by atoms with Crippen molar-refractivity contribution in [2.75, 3.05) is 11.0 Å². The molecule has 1 amide bonds. The van der Waals surface area contributed by atoms with Crippen LogP contribution < -0.4 is 10.5 Å². The molecule has 0 radical (unpaired) electrons. The Morgan fingerprint density at radius 1 is 1.62 bits per heavy atom. The van der Waals surface area contributed by atoms with Gasteiger partial charge in [0.15, 0.2) is 0 Å². The summed E-state index contributed by atoms with van der Waals surface area (Å²) in [6.45, 7) is 0. The number of nitrogens with two attached hydrogens (primary N) is 1. The molecule has 0 saturated carbocycles. The van der Waals surface area contributed by atoms with Gasteiger partial charge in [0.05, 0.1) is 16.3 Å². The van der Waals surface area contributed by atoms with Crippen LogP contribution in [0.4, 0.5) is 5.69 Å². The fourth-order valence-electron chi connectivity index (χ4n) is 0.935.